The zero-order chi connectivity index (χ0) is 13.3. The molecule has 0 radical (unpaired) electrons. The van der Waals surface area contributed by atoms with Gasteiger partial charge in [-0.25, -0.2) is 9.97 Å². The molecule has 104 valence electrons. The van der Waals surface area contributed by atoms with Crippen LogP contribution in [0.2, 0.25) is 0 Å². The second-order valence-corrected chi connectivity index (χ2v) is 5.75. The smallest absolute Gasteiger partial charge is 0.316 e. The lowest BCUT2D eigenvalue weighted by molar-refractivity contribution is -0.140. The first-order valence-corrected chi connectivity index (χ1v) is 6.85. The lowest BCUT2D eigenvalue weighted by atomic mass is 9.66. The Balaban J connectivity index is 1.78. The Hall–Kier alpha value is -1.20. The van der Waals surface area contributed by atoms with Crippen molar-refractivity contribution in [2.75, 3.05) is 20.3 Å². The first-order valence-electron chi connectivity index (χ1n) is 6.85. The average molecular weight is 264 g/mol. The van der Waals surface area contributed by atoms with Gasteiger partial charge < -0.3 is 14.6 Å². The normalized spacial score (nSPS) is 34.0. The molecule has 1 aromatic heterocycles. The summed E-state index contributed by atoms with van der Waals surface area (Å²) in [6, 6.07) is 0.382. The van der Waals surface area contributed by atoms with Gasteiger partial charge in [-0.15, -0.1) is 0 Å². The molecule has 5 nitrogen and oxygen atoms in total. The Morgan fingerprint density at radius 2 is 2.26 bits per heavy atom. The highest BCUT2D eigenvalue weighted by atomic mass is 16.5. The summed E-state index contributed by atoms with van der Waals surface area (Å²) in [5.41, 5.74) is 1.01. The molecule has 0 aromatic carbocycles. The van der Waals surface area contributed by atoms with Crippen LogP contribution < -0.4 is 4.74 Å². The van der Waals surface area contributed by atoms with Crippen molar-refractivity contribution in [1.82, 2.24) is 9.97 Å². The van der Waals surface area contributed by atoms with E-state index in [0.717, 1.165) is 24.8 Å². The molecule has 2 fully saturated rings. The van der Waals surface area contributed by atoms with Gasteiger partial charge in [-0.2, -0.15) is 0 Å². The first-order chi connectivity index (χ1) is 9.26. The summed E-state index contributed by atoms with van der Waals surface area (Å²) in [5, 5.41) is 9.60. The first kappa shape index (κ1) is 12.8. The second kappa shape index (κ2) is 5.06. The van der Waals surface area contributed by atoms with Gasteiger partial charge in [0.05, 0.1) is 26.4 Å². The number of rotatable bonds is 3. The van der Waals surface area contributed by atoms with Crippen LogP contribution in [0, 0.1) is 11.3 Å². The Labute approximate surface area is 113 Å². The molecule has 2 aliphatic rings. The number of aromatic nitrogens is 2. The lowest BCUT2D eigenvalue weighted by Gasteiger charge is -2.47. The molecule has 5 heteroatoms. The Morgan fingerprint density at radius 3 is 2.95 bits per heavy atom. The van der Waals surface area contributed by atoms with Crippen LogP contribution in [-0.2, 0) is 4.74 Å². The van der Waals surface area contributed by atoms with Crippen LogP contribution in [0.5, 0.6) is 6.01 Å². The van der Waals surface area contributed by atoms with E-state index in [4.69, 9.17) is 9.47 Å². The fraction of sp³-hybridized carbons (Fsp3) is 0.714. The predicted molar refractivity (Wildman–Crippen MR) is 68.8 cm³/mol. The van der Waals surface area contributed by atoms with Crippen LogP contribution in [0.1, 0.15) is 37.4 Å². The van der Waals surface area contributed by atoms with Gasteiger partial charge in [-0.1, -0.05) is 6.42 Å². The number of aliphatic hydroxyl groups is 1. The maximum Gasteiger partial charge on any atom is 0.316 e. The highest BCUT2D eigenvalue weighted by molar-refractivity contribution is 5.14. The van der Waals surface area contributed by atoms with Crippen LogP contribution in [-0.4, -0.2) is 35.4 Å². The molecule has 0 spiro atoms. The van der Waals surface area contributed by atoms with Gasteiger partial charge in [-0.3, -0.25) is 0 Å². The molecular weight excluding hydrogens is 244 g/mol. The maximum atomic E-state index is 9.60. The Morgan fingerprint density at radius 1 is 1.47 bits per heavy atom. The van der Waals surface area contributed by atoms with Crippen molar-refractivity contribution in [3.63, 3.8) is 0 Å². The van der Waals surface area contributed by atoms with E-state index in [-0.39, 0.29) is 18.1 Å². The number of fused-ring (bicyclic) bond motifs is 2. The van der Waals surface area contributed by atoms with Crippen molar-refractivity contribution < 1.29 is 14.6 Å². The molecule has 1 saturated heterocycles. The van der Waals surface area contributed by atoms with E-state index in [1.807, 2.05) is 0 Å². The minimum atomic E-state index is -0.00720. The molecule has 3 rings (SSSR count). The van der Waals surface area contributed by atoms with Crippen molar-refractivity contribution >= 4 is 0 Å². The lowest BCUT2D eigenvalue weighted by Crippen LogP contribution is -2.43. The Bertz CT molecular complexity index is 437. The summed E-state index contributed by atoms with van der Waals surface area (Å²) in [4.78, 5) is 8.31. The number of nitrogens with zero attached hydrogens (tertiary/aromatic N) is 2. The topological polar surface area (TPSA) is 64.5 Å². The van der Waals surface area contributed by atoms with Gasteiger partial charge in [0.1, 0.15) is 0 Å². The SMILES string of the molecule is COc1ncc(C2OCC3(CO)CCCC2C3)cn1. The third kappa shape index (κ3) is 2.32. The van der Waals surface area contributed by atoms with Crippen LogP contribution in [0.25, 0.3) is 0 Å². The van der Waals surface area contributed by atoms with Crippen molar-refractivity contribution in [1.29, 1.82) is 0 Å². The van der Waals surface area contributed by atoms with Crippen LogP contribution in [0.15, 0.2) is 12.4 Å². The van der Waals surface area contributed by atoms with Crippen LogP contribution >= 0.6 is 0 Å². The summed E-state index contributed by atoms with van der Waals surface area (Å²) >= 11 is 0. The van der Waals surface area contributed by atoms with Gasteiger partial charge >= 0.3 is 6.01 Å². The molecule has 0 amide bonds. The molecule has 19 heavy (non-hydrogen) atoms. The van der Waals surface area contributed by atoms with Gasteiger partial charge in [0, 0.05) is 23.4 Å². The summed E-state index contributed by atoms with van der Waals surface area (Å²) in [5.74, 6) is 0.464. The molecule has 1 aliphatic heterocycles. The molecule has 1 N–H and O–H groups in total. The standard InChI is InChI=1S/C14H20N2O3/c1-18-13-15-6-11(7-16-13)12-10-3-2-4-14(5-10,8-17)9-19-12/h6-7,10,12,17H,2-5,8-9H2,1H3. The average Bonchev–Trinajstić information content (AvgIpc) is 2.48. The van der Waals surface area contributed by atoms with Gasteiger partial charge in [-0.05, 0) is 25.2 Å². The summed E-state index contributed by atoms with van der Waals surface area (Å²) in [6.45, 7) is 0.867. The number of hydrogen-bond acceptors (Lipinski definition) is 5. The summed E-state index contributed by atoms with van der Waals surface area (Å²) in [6.07, 6.45) is 8.08. The molecule has 1 aliphatic carbocycles. The quantitative estimate of drug-likeness (QED) is 0.900. The molecule has 2 heterocycles. The molecule has 1 saturated carbocycles. The van der Waals surface area contributed by atoms with Crippen molar-refractivity contribution in [2.45, 2.75) is 31.8 Å². The number of ether oxygens (including phenoxy) is 2. The zero-order valence-corrected chi connectivity index (χ0v) is 11.2. The van der Waals surface area contributed by atoms with E-state index < -0.39 is 0 Å². The largest absolute Gasteiger partial charge is 0.467 e. The van der Waals surface area contributed by atoms with Crippen LogP contribution in [0.4, 0.5) is 0 Å². The third-order valence-corrected chi connectivity index (χ3v) is 4.47. The number of hydrogen-bond donors (Lipinski definition) is 1. The van der Waals surface area contributed by atoms with Crippen molar-refractivity contribution in [3.8, 4) is 6.01 Å². The van der Waals surface area contributed by atoms with Crippen LogP contribution in [0.3, 0.4) is 0 Å². The minimum Gasteiger partial charge on any atom is -0.467 e. The third-order valence-electron chi connectivity index (χ3n) is 4.47. The molecule has 1 aromatic rings. The fourth-order valence-electron chi connectivity index (χ4n) is 3.43. The van der Waals surface area contributed by atoms with Gasteiger partial charge in [0.2, 0.25) is 0 Å². The molecule has 2 bridgehead atoms. The Kier molecular flexibility index (Phi) is 3.41. The highest BCUT2D eigenvalue weighted by Crippen LogP contribution is 2.49. The van der Waals surface area contributed by atoms with E-state index >= 15 is 0 Å². The highest BCUT2D eigenvalue weighted by Gasteiger charge is 2.44. The maximum absolute atomic E-state index is 9.60. The zero-order valence-electron chi connectivity index (χ0n) is 11.2. The number of aliphatic hydroxyl groups excluding tert-OH is 1. The molecule has 3 atom stereocenters. The summed E-state index contributed by atoms with van der Waals surface area (Å²) in [7, 11) is 1.56. The monoisotopic (exact) mass is 264 g/mol. The fourth-order valence-corrected chi connectivity index (χ4v) is 3.43. The van der Waals surface area contributed by atoms with E-state index in [9.17, 15) is 5.11 Å². The number of methoxy groups -OCH3 is 1. The summed E-state index contributed by atoms with van der Waals surface area (Å²) < 4.78 is 11.0. The van der Waals surface area contributed by atoms with E-state index in [1.54, 1.807) is 19.5 Å². The van der Waals surface area contributed by atoms with Crippen molar-refractivity contribution in [2.24, 2.45) is 11.3 Å². The van der Waals surface area contributed by atoms with Gasteiger partial charge in [0.25, 0.3) is 0 Å². The van der Waals surface area contributed by atoms with E-state index in [0.29, 0.717) is 18.5 Å². The minimum absolute atomic E-state index is 0.00720. The van der Waals surface area contributed by atoms with Gasteiger partial charge in [0.15, 0.2) is 0 Å². The molecular formula is C14H20N2O3. The van der Waals surface area contributed by atoms with Crippen molar-refractivity contribution in [3.05, 3.63) is 18.0 Å². The molecule has 3 unspecified atom stereocenters. The second-order valence-electron chi connectivity index (χ2n) is 5.75. The van der Waals surface area contributed by atoms with E-state index in [2.05, 4.69) is 9.97 Å². The van der Waals surface area contributed by atoms with E-state index in [1.165, 1.54) is 6.42 Å². The predicted octanol–water partition coefficient (Wildman–Crippen LogP) is 1.73.